The van der Waals surface area contributed by atoms with Gasteiger partial charge in [-0.05, 0) is 62.6 Å². The van der Waals surface area contributed by atoms with Crippen molar-refractivity contribution >= 4 is 23.2 Å². The normalized spacial score (nSPS) is 22.4. The highest BCUT2D eigenvalue weighted by Gasteiger charge is 2.60. The van der Waals surface area contributed by atoms with Crippen molar-refractivity contribution in [2.45, 2.75) is 90.8 Å². The summed E-state index contributed by atoms with van der Waals surface area (Å²) in [6, 6.07) is 4.70. The maximum absolute atomic E-state index is 14.6. The molecule has 0 aliphatic carbocycles. The van der Waals surface area contributed by atoms with Gasteiger partial charge >= 0.3 is 5.97 Å². The Bertz CT molecular complexity index is 1100. The van der Waals surface area contributed by atoms with Crippen LogP contribution in [0, 0.1) is 11.8 Å². The highest BCUT2D eigenvalue weighted by Crippen LogP contribution is 2.52. The van der Waals surface area contributed by atoms with Gasteiger partial charge in [0.2, 0.25) is 0 Å². The minimum atomic E-state index is -1.33. The molecular weight excluding hydrogens is 491 g/mol. The van der Waals surface area contributed by atoms with Crippen LogP contribution in [0.1, 0.15) is 95.2 Å². The quantitative estimate of drug-likeness (QED) is 0.369. The van der Waals surface area contributed by atoms with Gasteiger partial charge in [-0.25, -0.2) is 9.78 Å². The number of aromatic nitrogens is 1. The lowest BCUT2D eigenvalue weighted by Crippen LogP contribution is -2.56. The number of benzene rings is 1. The second kappa shape index (κ2) is 10.7. The number of esters is 1. The van der Waals surface area contributed by atoms with E-state index >= 15 is 0 Å². The Balaban J connectivity index is 2.24. The number of hydrogen-bond donors (Lipinski definition) is 0. The molecule has 0 saturated carbocycles. The highest BCUT2D eigenvalue weighted by atomic mass is 32.1. The average molecular weight is 533 g/mol. The van der Waals surface area contributed by atoms with Gasteiger partial charge in [0.25, 0.3) is 5.91 Å². The fraction of sp³-hybridized carbons (Fsp3) is 0.621. The standard InChI is InChI=1S/C29H41FN2O4S/c1-18(2)15-29(26(34)36-28(6,7)8)16-20(17-30)23(24-31-12-13-37-24)32(29)25(33)19-10-11-21(27(3,4)5)22(14-19)35-9/h10-14,18,20,23H,15-17H2,1-9H3/t20-,23?,29-/m0/s1. The van der Waals surface area contributed by atoms with Crippen molar-refractivity contribution in [3.63, 3.8) is 0 Å². The summed E-state index contributed by atoms with van der Waals surface area (Å²) >= 11 is 1.37. The molecule has 2 heterocycles. The zero-order chi connectivity index (χ0) is 27.8. The molecule has 0 N–H and O–H groups in total. The molecule has 1 aromatic carbocycles. The van der Waals surface area contributed by atoms with Gasteiger partial charge in [0.15, 0.2) is 0 Å². The van der Waals surface area contributed by atoms with Crippen molar-refractivity contribution in [3.05, 3.63) is 45.9 Å². The number of thiazole rings is 1. The van der Waals surface area contributed by atoms with Gasteiger partial charge in [0.1, 0.15) is 21.9 Å². The van der Waals surface area contributed by atoms with Gasteiger partial charge in [-0.2, -0.15) is 0 Å². The molecule has 6 nitrogen and oxygen atoms in total. The number of hydrogen-bond acceptors (Lipinski definition) is 6. The molecule has 0 spiro atoms. The number of methoxy groups -OCH3 is 1. The van der Waals surface area contributed by atoms with Crippen molar-refractivity contribution in [3.8, 4) is 5.75 Å². The van der Waals surface area contributed by atoms with Gasteiger partial charge in [-0.3, -0.25) is 9.18 Å². The van der Waals surface area contributed by atoms with Crippen molar-refractivity contribution < 1.29 is 23.5 Å². The summed E-state index contributed by atoms with van der Waals surface area (Å²) in [6.45, 7) is 15.0. The second-order valence-electron chi connectivity index (χ2n) is 12.4. The molecule has 8 heteroatoms. The molecule has 1 aromatic heterocycles. The van der Waals surface area contributed by atoms with E-state index in [1.54, 1.807) is 51.1 Å². The highest BCUT2D eigenvalue weighted by molar-refractivity contribution is 7.09. The fourth-order valence-corrected chi connectivity index (χ4v) is 6.17. The average Bonchev–Trinajstić information content (AvgIpc) is 3.42. The molecule has 1 amide bonds. The van der Waals surface area contributed by atoms with E-state index in [1.165, 1.54) is 11.3 Å². The fourth-order valence-electron chi connectivity index (χ4n) is 5.35. The van der Waals surface area contributed by atoms with E-state index in [0.29, 0.717) is 22.7 Å². The number of halogens is 1. The number of amides is 1. The van der Waals surface area contributed by atoms with Crippen LogP contribution in [0.3, 0.4) is 0 Å². The molecule has 1 unspecified atom stereocenters. The van der Waals surface area contributed by atoms with Crippen LogP contribution in [0.2, 0.25) is 0 Å². The zero-order valence-electron chi connectivity index (χ0n) is 23.6. The largest absolute Gasteiger partial charge is 0.496 e. The van der Waals surface area contributed by atoms with Gasteiger partial charge < -0.3 is 14.4 Å². The first-order valence-electron chi connectivity index (χ1n) is 12.9. The number of carbonyl (C=O) groups excluding carboxylic acids is 2. The topological polar surface area (TPSA) is 68.7 Å². The van der Waals surface area contributed by atoms with Crippen LogP contribution in [0.4, 0.5) is 4.39 Å². The van der Waals surface area contributed by atoms with E-state index in [9.17, 15) is 14.0 Å². The van der Waals surface area contributed by atoms with Crippen molar-refractivity contribution in [1.82, 2.24) is 9.88 Å². The molecule has 1 aliphatic rings. The molecule has 1 fully saturated rings. The summed E-state index contributed by atoms with van der Waals surface area (Å²) in [4.78, 5) is 34.4. The van der Waals surface area contributed by atoms with E-state index in [4.69, 9.17) is 9.47 Å². The lowest BCUT2D eigenvalue weighted by Gasteiger charge is -2.41. The Morgan fingerprint density at radius 3 is 2.38 bits per heavy atom. The van der Waals surface area contributed by atoms with Crippen LogP contribution >= 0.6 is 11.3 Å². The number of carbonyl (C=O) groups is 2. The monoisotopic (exact) mass is 532 g/mol. The van der Waals surface area contributed by atoms with E-state index in [-0.39, 0.29) is 23.7 Å². The van der Waals surface area contributed by atoms with Crippen LogP contribution in [0.15, 0.2) is 29.8 Å². The van der Waals surface area contributed by atoms with Crippen molar-refractivity contribution in [2.75, 3.05) is 13.8 Å². The third kappa shape index (κ3) is 6.00. The summed E-state index contributed by atoms with van der Waals surface area (Å²) in [6.07, 6.45) is 2.17. The summed E-state index contributed by atoms with van der Waals surface area (Å²) in [5.74, 6) is -0.801. The molecule has 0 bridgehead atoms. The first-order chi connectivity index (χ1) is 17.1. The third-order valence-corrected chi connectivity index (χ3v) is 7.53. The summed E-state index contributed by atoms with van der Waals surface area (Å²) < 4.78 is 26.2. The zero-order valence-corrected chi connectivity index (χ0v) is 24.4. The number of rotatable bonds is 7. The summed E-state index contributed by atoms with van der Waals surface area (Å²) in [5, 5.41) is 2.42. The second-order valence-corrected chi connectivity index (χ2v) is 13.3. The van der Waals surface area contributed by atoms with Gasteiger partial charge in [-0.1, -0.05) is 40.7 Å². The molecule has 1 aliphatic heterocycles. The first-order valence-corrected chi connectivity index (χ1v) is 13.7. The number of likely N-dealkylation sites (tertiary alicyclic amines) is 1. The van der Waals surface area contributed by atoms with Crippen LogP contribution in [0.25, 0.3) is 0 Å². The molecular formula is C29H41FN2O4S. The molecule has 2 aromatic rings. The predicted octanol–water partition coefficient (Wildman–Crippen LogP) is 6.75. The van der Waals surface area contributed by atoms with Crippen LogP contribution in [-0.2, 0) is 14.9 Å². The maximum Gasteiger partial charge on any atom is 0.332 e. The van der Waals surface area contributed by atoms with E-state index in [1.807, 2.05) is 25.3 Å². The minimum absolute atomic E-state index is 0.0518. The Kier molecular flexibility index (Phi) is 8.42. The number of nitrogens with zero attached hydrogens (tertiary/aromatic N) is 2. The Labute approximate surface area is 224 Å². The van der Waals surface area contributed by atoms with Crippen molar-refractivity contribution in [1.29, 1.82) is 0 Å². The lowest BCUT2D eigenvalue weighted by atomic mass is 9.83. The molecule has 3 atom stereocenters. The van der Waals surface area contributed by atoms with Gasteiger partial charge in [-0.15, -0.1) is 11.3 Å². The van der Waals surface area contributed by atoms with E-state index in [2.05, 4.69) is 25.8 Å². The molecule has 204 valence electrons. The molecule has 1 saturated heterocycles. The molecule has 0 radical (unpaired) electrons. The van der Waals surface area contributed by atoms with Gasteiger partial charge in [0.05, 0.1) is 19.8 Å². The van der Waals surface area contributed by atoms with E-state index in [0.717, 1.165) is 5.56 Å². The molecule has 3 rings (SSSR count). The van der Waals surface area contributed by atoms with Crippen LogP contribution < -0.4 is 4.74 Å². The van der Waals surface area contributed by atoms with E-state index < -0.39 is 35.7 Å². The summed E-state index contributed by atoms with van der Waals surface area (Å²) in [7, 11) is 1.58. The predicted molar refractivity (Wildman–Crippen MR) is 145 cm³/mol. The first kappa shape index (κ1) is 29.1. The SMILES string of the molecule is COc1cc(C(=O)N2C(c3nccs3)[C@H](CF)C[C@@]2(CC(C)C)C(=O)OC(C)(C)C)ccc1C(C)(C)C. The number of alkyl halides is 1. The molecule has 37 heavy (non-hydrogen) atoms. The Morgan fingerprint density at radius 2 is 1.89 bits per heavy atom. The van der Waals surface area contributed by atoms with Crippen LogP contribution in [0.5, 0.6) is 5.75 Å². The number of ether oxygens (including phenoxy) is 2. The third-order valence-electron chi connectivity index (χ3n) is 6.69. The van der Waals surface area contributed by atoms with Crippen LogP contribution in [-0.4, -0.2) is 46.7 Å². The lowest BCUT2D eigenvalue weighted by molar-refractivity contribution is -0.168. The van der Waals surface area contributed by atoms with Crippen molar-refractivity contribution in [2.24, 2.45) is 11.8 Å². The Morgan fingerprint density at radius 1 is 1.22 bits per heavy atom. The summed E-state index contributed by atoms with van der Waals surface area (Å²) in [5.41, 5.74) is -0.949. The Hall–Kier alpha value is -2.48. The maximum atomic E-state index is 14.6. The van der Waals surface area contributed by atoms with Gasteiger partial charge in [0, 0.05) is 23.1 Å². The smallest absolute Gasteiger partial charge is 0.332 e. The minimum Gasteiger partial charge on any atom is -0.496 e.